The average Bonchev–Trinajstić information content (AvgIpc) is 3.29. The summed E-state index contributed by atoms with van der Waals surface area (Å²) in [6.45, 7) is -2.02. The largest absolute Gasteiger partial charge is 0.504 e. The molecule has 5 unspecified atom stereocenters. The molecule has 0 aromatic heterocycles. The molecule has 2 heterocycles. The van der Waals surface area contributed by atoms with E-state index >= 15 is 0 Å². The van der Waals surface area contributed by atoms with Crippen LogP contribution in [0.2, 0.25) is 0 Å². The van der Waals surface area contributed by atoms with Gasteiger partial charge in [-0.15, -0.1) is 0 Å². The van der Waals surface area contributed by atoms with Crippen LogP contribution in [-0.4, -0.2) is 132 Å². The topological polar surface area (TPSA) is 233 Å². The second-order valence-corrected chi connectivity index (χ2v) is 9.79. The second kappa shape index (κ2) is 13.4. The number of aliphatic hydroxyl groups excluding tert-OH is 4. The normalized spacial score (nSPS) is 30.5. The summed E-state index contributed by atoms with van der Waals surface area (Å²) in [5.41, 5.74) is -2.23. The van der Waals surface area contributed by atoms with Gasteiger partial charge in [-0.2, -0.15) is 0 Å². The van der Waals surface area contributed by atoms with Gasteiger partial charge in [-0.25, -0.2) is 4.79 Å². The highest BCUT2D eigenvalue weighted by Crippen LogP contribution is 2.38. The maximum absolute atomic E-state index is 12.7. The minimum absolute atomic E-state index is 0.0629. The maximum Gasteiger partial charge on any atom is 0.338 e. The molecule has 2 aliphatic rings. The van der Waals surface area contributed by atoms with Crippen LogP contribution in [0.3, 0.4) is 0 Å². The summed E-state index contributed by atoms with van der Waals surface area (Å²) < 4.78 is 42.4. The molecule has 43 heavy (non-hydrogen) atoms. The third-order valence-corrected chi connectivity index (χ3v) is 6.99. The van der Waals surface area contributed by atoms with Crippen LogP contribution in [0.1, 0.15) is 10.4 Å². The van der Waals surface area contributed by atoms with Gasteiger partial charge in [0.2, 0.25) is 12.0 Å². The zero-order valence-electron chi connectivity index (χ0n) is 23.4. The number of benzene rings is 2. The van der Waals surface area contributed by atoms with Crippen LogP contribution >= 0.6 is 0 Å². The van der Waals surface area contributed by atoms with E-state index in [4.69, 9.17) is 37.9 Å². The smallest absolute Gasteiger partial charge is 0.338 e. The predicted octanol–water partition coefficient (Wildman–Crippen LogP) is -1.37. The molecule has 16 heteroatoms. The van der Waals surface area contributed by atoms with Crippen molar-refractivity contribution >= 4 is 5.97 Å². The van der Waals surface area contributed by atoms with E-state index in [2.05, 4.69) is 0 Å². The van der Waals surface area contributed by atoms with Gasteiger partial charge >= 0.3 is 5.97 Å². The van der Waals surface area contributed by atoms with Gasteiger partial charge in [0.1, 0.15) is 42.9 Å². The Morgan fingerprint density at radius 2 is 1.60 bits per heavy atom. The van der Waals surface area contributed by atoms with Crippen LogP contribution in [-0.2, 0) is 18.9 Å². The highest BCUT2D eigenvalue weighted by molar-refractivity contribution is 5.91. The van der Waals surface area contributed by atoms with Gasteiger partial charge in [-0.05, 0) is 24.3 Å². The molecule has 8 atom stereocenters. The van der Waals surface area contributed by atoms with Crippen LogP contribution in [0.4, 0.5) is 0 Å². The van der Waals surface area contributed by atoms with E-state index in [0.717, 1.165) is 0 Å². The van der Waals surface area contributed by atoms with E-state index < -0.39 is 74.5 Å². The van der Waals surface area contributed by atoms with Crippen LogP contribution in [0.5, 0.6) is 34.5 Å². The number of esters is 1. The van der Waals surface area contributed by atoms with E-state index in [1.54, 1.807) is 0 Å². The third-order valence-electron chi connectivity index (χ3n) is 6.99. The van der Waals surface area contributed by atoms with Gasteiger partial charge in [0.05, 0.1) is 40.1 Å². The van der Waals surface area contributed by atoms with E-state index in [1.165, 1.54) is 51.7 Å². The van der Waals surface area contributed by atoms with E-state index in [9.17, 15) is 40.5 Å². The molecule has 2 fully saturated rings. The third kappa shape index (κ3) is 6.66. The molecule has 2 aliphatic heterocycles. The number of methoxy groups -OCH3 is 3. The van der Waals surface area contributed by atoms with Gasteiger partial charge in [-0.1, -0.05) is 0 Å². The van der Waals surface area contributed by atoms with Crippen molar-refractivity contribution in [2.45, 2.75) is 48.7 Å². The van der Waals surface area contributed by atoms with Crippen molar-refractivity contribution in [3.05, 3.63) is 35.9 Å². The zero-order valence-corrected chi connectivity index (χ0v) is 23.4. The first-order valence-corrected chi connectivity index (χ1v) is 12.9. The Bertz CT molecular complexity index is 1240. The van der Waals surface area contributed by atoms with Gasteiger partial charge in [0.25, 0.3) is 0 Å². The zero-order chi connectivity index (χ0) is 31.5. The van der Waals surface area contributed by atoms with Crippen molar-refractivity contribution in [1.29, 1.82) is 0 Å². The van der Waals surface area contributed by atoms with Crippen molar-refractivity contribution in [2.24, 2.45) is 0 Å². The number of rotatable bonds is 11. The Balaban J connectivity index is 1.39. The minimum Gasteiger partial charge on any atom is -0.504 e. The molecule has 16 nitrogen and oxygen atoms in total. The molecule has 2 aromatic carbocycles. The SMILES string of the molecule is COc1cc(OC2OC(CO)C(O[C@H]3OC[C@](O)(COC(=O)c4cc(OC)c(O)c(OC)c4)[C@H]3O)C(O)C2O)ccc1O. The minimum atomic E-state index is -2.15. The Kier molecular flexibility index (Phi) is 10.0. The highest BCUT2D eigenvalue weighted by Gasteiger charge is 2.54. The monoisotopic (exact) mass is 614 g/mol. The number of phenols is 2. The summed E-state index contributed by atoms with van der Waals surface area (Å²) in [5.74, 6) is -1.38. The Morgan fingerprint density at radius 1 is 0.953 bits per heavy atom. The predicted molar refractivity (Wildman–Crippen MR) is 140 cm³/mol. The number of phenolic OH excluding ortho intramolecular Hbond substituents is 2. The number of hydrogen-bond donors (Lipinski definition) is 7. The lowest BCUT2D eigenvalue weighted by Gasteiger charge is -2.42. The molecule has 0 spiro atoms. The van der Waals surface area contributed by atoms with Crippen LogP contribution in [0.15, 0.2) is 30.3 Å². The fraction of sp³-hybridized carbons (Fsp3) is 0.519. The Morgan fingerprint density at radius 3 is 2.21 bits per heavy atom. The van der Waals surface area contributed by atoms with Gasteiger partial charge in [-0.3, -0.25) is 0 Å². The number of aliphatic hydroxyl groups is 5. The van der Waals surface area contributed by atoms with Crippen LogP contribution < -0.4 is 18.9 Å². The molecule has 0 amide bonds. The molecule has 7 N–H and O–H groups in total. The summed E-state index contributed by atoms with van der Waals surface area (Å²) in [6.07, 6.45) is -11.1. The lowest BCUT2D eigenvalue weighted by atomic mass is 9.98. The molecule has 0 bridgehead atoms. The van der Waals surface area contributed by atoms with Crippen molar-refractivity contribution in [3.63, 3.8) is 0 Å². The first kappa shape index (κ1) is 32.3. The molecule has 0 saturated carbocycles. The molecular weight excluding hydrogens is 580 g/mol. The van der Waals surface area contributed by atoms with Crippen molar-refractivity contribution < 1.29 is 78.4 Å². The Labute approximate surface area is 245 Å². The van der Waals surface area contributed by atoms with Crippen LogP contribution in [0.25, 0.3) is 0 Å². The molecule has 0 radical (unpaired) electrons. The molecule has 0 aliphatic carbocycles. The fourth-order valence-electron chi connectivity index (χ4n) is 4.52. The van der Waals surface area contributed by atoms with Gasteiger partial charge in [0.15, 0.2) is 34.9 Å². The maximum atomic E-state index is 12.7. The average molecular weight is 615 g/mol. The first-order chi connectivity index (χ1) is 20.5. The first-order valence-electron chi connectivity index (χ1n) is 12.9. The summed E-state index contributed by atoms with van der Waals surface area (Å²) >= 11 is 0. The quantitative estimate of drug-likeness (QED) is 0.145. The second-order valence-electron chi connectivity index (χ2n) is 9.79. The van der Waals surface area contributed by atoms with E-state index in [0.29, 0.717) is 0 Å². The molecule has 2 aromatic rings. The molecule has 238 valence electrons. The molecule has 4 rings (SSSR count). The number of carbonyl (C=O) groups excluding carboxylic acids is 1. The molecular formula is C27H34O16. The standard InChI is InChI=1S/C27H34O16/c1-36-15-8-13(4-5-14(15)29)41-25-21(32)20(31)22(18(9-28)42-25)43-26-23(33)27(35,11-40-26)10-39-24(34)12-6-16(37-2)19(30)17(7-12)38-3/h4-8,18,20-23,25-26,28-33,35H,9-11H2,1-3H3/t18?,20?,21?,22?,23-,25?,26+,27+/m0/s1. The number of hydrogen-bond acceptors (Lipinski definition) is 16. The number of carbonyl (C=O) groups is 1. The lowest BCUT2D eigenvalue weighted by molar-refractivity contribution is -0.313. The summed E-state index contributed by atoms with van der Waals surface area (Å²) in [5, 5.41) is 72.9. The van der Waals surface area contributed by atoms with Gasteiger partial charge in [0, 0.05) is 6.07 Å². The fourth-order valence-corrected chi connectivity index (χ4v) is 4.52. The van der Waals surface area contributed by atoms with E-state index in [1.807, 2.05) is 0 Å². The molecule has 2 saturated heterocycles. The van der Waals surface area contributed by atoms with Crippen molar-refractivity contribution in [2.75, 3.05) is 41.2 Å². The summed E-state index contributed by atoms with van der Waals surface area (Å²) in [6, 6.07) is 6.35. The Hall–Kier alpha value is -3.61. The number of ether oxygens (including phenoxy) is 8. The van der Waals surface area contributed by atoms with Gasteiger partial charge < -0.3 is 73.6 Å². The lowest BCUT2D eigenvalue weighted by Crippen LogP contribution is -2.62. The highest BCUT2D eigenvalue weighted by atomic mass is 16.7. The van der Waals surface area contributed by atoms with E-state index in [-0.39, 0.29) is 40.1 Å². The van der Waals surface area contributed by atoms with Crippen molar-refractivity contribution in [1.82, 2.24) is 0 Å². The number of aromatic hydroxyl groups is 2. The van der Waals surface area contributed by atoms with Crippen LogP contribution in [0, 0.1) is 0 Å². The summed E-state index contributed by atoms with van der Waals surface area (Å²) in [4.78, 5) is 12.7. The summed E-state index contributed by atoms with van der Waals surface area (Å²) in [7, 11) is 3.87. The van der Waals surface area contributed by atoms with Crippen molar-refractivity contribution in [3.8, 4) is 34.5 Å².